The van der Waals surface area contributed by atoms with E-state index in [-0.39, 0.29) is 5.95 Å². The molecular formula is C6H7N5S. The molecule has 0 fully saturated rings. The lowest BCUT2D eigenvalue weighted by Gasteiger charge is -1.87. The van der Waals surface area contributed by atoms with Crippen LogP contribution in [0.5, 0.6) is 0 Å². The standard InChI is InChI=1S/C6H7N5S/c1-12-6-9-3-2-8-5(7)10-4(3)11-6/h2H,1H3,(H3,7,8,9,10,11). The van der Waals surface area contributed by atoms with Crippen LogP contribution < -0.4 is 5.73 Å². The number of imidazole rings is 1. The number of rotatable bonds is 1. The molecule has 0 aliphatic rings. The highest BCUT2D eigenvalue weighted by Gasteiger charge is 2.02. The Bertz CT molecular complexity index is 409. The van der Waals surface area contributed by atoms with E-state index in [9.17, 15) is 0 Å². The molecular weight excluding hydrogens is 174 g/mol. The van der Waals surface area contributed by atoms with Gasteiger partial charge >= 0.3 is 0 Å². The average molecular weight is 181 g/mol. The first-order chi connectivity index (χ1) is 5.79. The molecule has 0 aliphatic heterocycles. The second-order valence-corrected chi connectivity index (χ2v) is 3.01. The smallest absolute Gasteiger partial charge is 0.222 e. The van der Waals surface area contributed by atoms with E-state index >= 15 is 0 Å². The molecule has 0 saturated carbocycles. The van der Waals surface area contributed by atoms with Crippen molar-refractivity contribution >= 4 is 28.9 Å². The number of nitrogens with two attached hydrogens (primary N) is 1. The summed E-state index contributed by atoms with van der Waals surface area (Å²) in [5.74, 6) is 0.252. The van der Waals surface area contributed by atoms with E-state index in [2.05, 4.69) is 19.9 Å². The number of nitrogen functional groups attached to an aromatic ring is 1. The van der Waals surface area contributed by atoms with E-state index < -0.39 is 0 Å². The number of H-pyrrole nitrogens is 1. The van der Waals surface area contributed by atoms with Crippen LogP contribution in [0.15, 0.2) is 11.4 Å². The number of fused-ring (bicyclic) bond motifs is 1. The van der Waals surface area contributed by atoms with Gasteiger partial charge < -0.3 is 10.7 Å². The van der Waals surface area contributed by atoms with Crippen LogP contribution in [0.25, 0.3) is 11.2 Å². The predicted molar refractivity (Wildman–Crippen MR) is 47.9 cm³/mol. The Morgan fingerprint density at radius 1 is 1.50 bits per heavy atom. The van der Waals surface area contributed by atoms with Gasteiger partial charge in [0.15, 0.2) is 10.8 Å². The maximum atomic E-state index is 5.39. The Hall–Kier alpha value is -1.30. The monoisotopic (exact) mass is 181 g/mol. The second kappa shape index (κ2) is 2.63. The molecule has 0 atom stereocenters. The molecule has 62 valence electrons. The summed E-state index contributed by atoms with van der Waals surface area (Å²) in [6, 6.07) is 0. The molecule has 5 nitrogen and oxygen atoms in total. The minimum atomic E-state index is 0.252. The molecule has 12 heavy (non-hydrogen) atoms. The van der Waals surface area contributed by atoms with Gasteiger partial charge in [-0.15, -0.1) is 0 Å². The van der Waals surface area contributed by atoms with Crippen LogP contribution in [-0.2, 0) is 0 Å². The van der Waals surface area contributed by atoms with Gasteiger partial charge in [-0.25, -0.2) is 9.97 Å². The molecule has 0 radical (unpaired) electrons. The zero-order valence-corrected chi connectivity index (χ0v) is 7.22. The number of hydrogen-bond donors (Lipinski definition) is 2. The van der Waals surface area contributed by atoms with Crippen LogP contribution in [0.1, 0.15) is 0 Å². The molecule has 0 aromatic carbocycles. The highest BCUT2D eigenvalue weighted by molar-refractivity contribution is 7.98. The zero-order valence-electron chi connectivity index (χ0n) is 6.40. The second-order valence-electron chi connectivity index (χ2n) is 2.21. The number of aromatic nitrogens is 4. The Morgan fingerprint density at radius 2 is 2.33 bits per heavy atom. The van der Waals surface area contributed by atoms with Crippen LogP contribution in [-0.4, -0.2) is 26.2 Å². The number of hydrogen-bond acceptors (Lipinski definition) is 5. The van der Waals surface area contributed by atoms with Gasteiger partial charge in [0.1, 0.15) is 5.52 Å². The fraction of sp³-hybridized carbons (Fsp3) is 0.167. The quantitative estimate of drug-likeness (QED) is 0.631. The maximum Gasteiger partial charge on any atom is 0.222 e. The first kappa shape index (κ1) is 7.35. The van der Waals surface area contributed by atoms with Crippen molar-refractivity contribution in [3.8, 4) is 0 Å². The first-order valence-electron chi connectivity index (χ1n) is 3.32. The number of aromatic amines is 1. The van der Waals surface area contributed by atoms with Gasteiger partial charge in [0.2, 0.25) is 5.95 Å². The lowest BCUT2D eigenvalue weighted by molar-refractivity contribution is 1.08. The van der Waals surface area contributed by atoms with Crippen molar-refractivity contribution in [3.63, 3.8) is 0 Å². The van der Waals surface area contributed by atoms with Gasteiger partial charge in [-0.3, -0.25) is 0 Å². The van der Waals surface area contributed by atoms with Crippen LogP contribution >= 0.6 is 11.8 Å². The van der Waals surface area contributed by atoms with Gasteiger partial charge in [0.05, 0.1) is 6.20 Å². The summed E-state index contributed by atoms with van der Waals surface area (Å²) < 4.78 is 0. The van der Waals surface area contributed by atoms with E-state index in [1.807, 2.05) is 6.26 Å². The van der Waals surface area contributed by atoms with Crippen LogP contribution in [0, 0.1) is 0 Å². The van der Waals surface area contributed by atoms with Crippen LogP contribution in [0.2, 0.25) is 0 Å². The van der Waals surface area contributed by atoms with Crippen LogP contribution in [0.3, 0.4) is 0 Å². The molecule has 6 heteroatoms. The molecule has 0 unspecified atom stereocenters. The zero-order chi connectivity index (χ0) is 8.55. The van der Waals surface area contributed by atoms with Crippen molar-refractivity contribution in [2.75, 3.05) is 12.0 Å². The molecule has 0 aliphatic carbocycles. The van der Waals surface area contributed by atoms with E-state index in [0.717, 1.165) is 10.7 Å². The molecule has 0 amide bonds. The molecule has 2 rings (SSSR count). The van der Waals surface area contributed by atoms with Gasteiger partial charge in [-0.2, -0.15) is 4.98 Å². The summed E-state index contributed by atoms with van der Waals surface area (Å²) in [6.45, 7) is 0. The molecule has 2 aromatic rings. The normalized spacial score (nSPS) is 10.8. The molecule has 0 saturated heterocycles. The van der Waals surface area contributed by atoms with Gasteiger partial charge in [-0.05, 0) is 6.26 Å². The van der Waals surface area contributed by atoms with Gasteiger partial charge in [-0.1, -0.05) is 11.8 Å². The summed E-state index contributed by atoms with van der Waals surface area (Å²) in [6.07, 6.45) is 3.57. The Kier molecular flexibility index (Phi) is 1.61. The van der Waals surface area contributed by atoms with E-state index in [1.54, 1.807) is 6.20 Å². The Labute approximate surface area is 72.8 Å². The average Bonchev–Trinajstić information content (AvgIpc) is 2.46. The Morgan fingerprint density at radius 3 is 3.08 bits per heavy atom. The van der Waals surface area contributed by atoms with Crippen molar-refractivity contribution in [3.05, 3.63) is 6.20 Å². The predicted octanol–water partition coefficient (Wildman–Crippen LogP) is 0.657. The summed E-state index contributed by atoms with van der Waals surface area (Å²) >= 11 is 1.53. The topological polar surface area (TPSA) is 80.5 Å². The SMILES string of the molecule is CSc1nc2nc(N)ncc2[nH]1. The highest BCUT2D eigenvalue weighted by Crippen LogP contribution is 2.14. The number of nitrogens with zero attached hydrogens (tertiary/aromatic N) is 3. The van der Waals surface area contributed by atoms with E-state index in [1.165, 1.54) is 11.8 Å². The number of anilines is 1. The lowest BCUT2D eigenvalue weighted by atomic mass is 10.6. The molecule has 3 N–H and O–H groups in total. The van der Waals surface area contributed by atoms with Gasteiger partial charge in [0.25, 0.3) is 0 Å². The summed E-state index contributed by atoms with van der Waals surface area (Å²) in [5.41, 5.74) is 6.82. The molecule has 0 spiro atoms. The van der Waals surface area contributed by atoms with Gasteiger partial charge in [0, 0.05) is 0 Å². The fourth-order valence-corrected chi connectivity index (χ4v) is 1.29. The molecule has 2 aromatic heterocycles. The number of nitrogens with one attached hydrogen (secondary N) is 1. The van der Waals surface area contributed by atoms with Crippen molar-refractivity contribution < 1.29 is 0 Å². The maximum absolute atomic E-state index is 5.39. The van der Waals surface area contributed by atoms with E-state index in [4.69, 9.17) is 5.73 Å². The van der Waals surface area contributed by atoms with Crippen molar-refractivity contribution in [1.82, 2.24) is 19.9 Å². The lowest BCUT2D eigenvalue weighted by Crippen LogP contribution is -1.93. The third-order valence-electron chi connectivity index (χ3n) is 1.43. The van der Waals surface area contributed by atoms with E-state index in [0.29, 0.717) is 5.65 Å². The fourth-order valence-electron chi connectivity index (χ4n) is 0.895. The third-order valence-corrected chi connectivity index (χ3v) is 2.01. The largest absolute Gasteiger partial charge is 0.368 e. The highest BCUT2D eigenvalue weighted by atomic mass is 32.2. The minimum absolute atomic E-state index is 0.252. The van der Waals surface area contributed by atoms with Crippen molar-refractivity contribution in [2.45, 2.75) is 5.16 Å². The van der Waals surface area contributed by atoms with Crippen molar-refractivity contribution in [2.24, 2.45) is 0 Å². The summed E-state index contributed by atoms with van der Waals surface area (Å²) in [4.78, 5) is 15.0. The summed E-state index contributed by atoms with van der Waals surface area (Å²) in [5, 5.41) is 0.824. The van der Waals surface area contributed by atoms with Crippen molar-refractivity contribution in [1.29, 1.82) is 0 Å². The Balaban J connectivity index is 2.67. The number of thioether (sulfide) groups is 1. The molecule has 2 heterocycles. The first-order valence-corrected chi connectivity index (χ1v) is 4.54. The minimum Gasteiger partial charge on any atom is -0.368 e. The van der Waals surface area contributed by atoms with Crippen LogP contribution in [0.4, 0.5) is 5.95 Å². The third kappa shape index (κ3) is 1.10. The molecule has 0 bridgehead atoms. The summed E-state index contributed by atoms with van der Waals surface area (Å²) in [7, 11) is 0.